The Hall–Kier alpha value is -0.910. The number of rotatable bonds is 3. The second-order valence-electron chi connectivity index (χ2n) is 3.48. The van der Waals surface area contributed by atoms with Gasteiger partial charge in [0.05, 0.1) is 17.1 Å². The van der Waals surface area contributed by atoms with Gasteiger partial charge in [0.25, 0.3) is 5.91 Å². The molecule has 94 valence electrons. The van der Waals surface area contributed by atoms with Crippen molar-refractivity contribution in [2.45, 2.75) is 6.54 Å². The lowest BCUT2D eigenvalue weighted by Crippen LogP contribution is -2.23. The molecule has 0 aliphatic carbocycles. The Morgan fingerprint density at radius 2 is 2.22 bits per heavy atom. The van der Waals surface area contributed by atoms with Crippen LogP contribution in [0.1, 0.15) is 15.2 Å². The summed E-state index contributed by atoms with van der Waals surface area (Å²) in [5, 5.41) is 4.47. The number of carbonyl (C=O) groups is 1. The van der Waals surface area contributed by atoms with Crippen LogP contribution in [0.3, 0.4) is 0 Å². The monoisotopic (exact) mass is 347 g/mol. The molecule has 6 heteroatoms. The summed E-state index contributed by atoms with van der Waals surface area (Å²) in [4.78, 5) is 12.8. The molecular weight excluding hydrogens is 341 g/mol. The maximum Gasteiger partial charge on any atom is 0.253 e. The molecule has 0 saturated heterocycles. The van der Waals surface area contributed by atoms with Crippen LogP contribution in [0.4, 0.5) is 4.39 Å². The van der Waals surface area contributed by atoms with Gasteiger partial charge in [-0.15, -0.1) is 11.3 Å². The Morgan fingerprint density at radius 1 is 1.44 bits per heavy atom. The largest absolute Gasteiger partial charge is 0.347 e. The molecule has 0 aliphatic heterocycles. The molecule has 1 amide bonds. The number of halogens is 3. The summed E-state index contributed by atoms with van der Waals surface area (Å²) < 4.78 is 14.1. The van der Waals surface area contributed by atoms with Gasteiger partial charge in [0, 0.05) is 9.35 Å². The first-order chi connectivity index (χ1) is 8.59. The minimum Gasteiger partial charge on any atom is -0.347 e. The minimum atomic E-state index is -0.596. The Balaban J connectivity index is 2.09. The smallest absolute Gasteiger partial charge is 0.253 e. The van der Waals surface area contributed by atoms with E-state index in [1.54, 1.807) is 0 Å². The molecular formula is C12H8BrClFNOS. The van der Waals surface area contributed by atoms with Crippen molar-refractivity contribution in [2.24, 2.45) is 0 Å². The fourth-order valence-electron chi connectivity index (χ4n) is 1.39. The van der Waals surface area contributed by atoms with Crippen LogP contribution < -0.4 is 5.32 Å². The molecule has 0 aliphatic rings. The van der Waals surface area contributed by atoms with Crippen molar-refractivity contribution in [3.63, 3.8) is 0 Å². The topological polar surface area (TPSA) is 29.1 Å². The highest BCUT2D eigenvalue weighted by atomic mass is 79.9. The highest BCUT2D eigenvalue weighted by Gasteiger charge is 2.13. The van der Waals surface area contributed by atoms with Crippen molar-refractivity contribution in [2.75, 3.05) is 0 Å². The summed E-state index contributed by atoms with van der Waals surface area (Å²) in [6, 6.07) is 6.07. The Morgan fingerprint density at radius 3 is 2.89 bits per heavy atom. The minimum absolute atomic E-state index is 0.143. The van der Waals surface area contributed by atoms with Crippen molar-refractivity contribution in [3.05, 3.63) is 55.4 Å². The van der Waals surface area contributed by atoms with Crippen LogP contribution in [0.5, 0.6) is 0 Å². The maximum atomic E-state index is 13.2. The number of benzene rings is 1. The molecule has 1 aromatic heterocycles. The zero-order valence-electron chi connectivity index (χ0n) is 9.04. The van der Waals surface area contributed by atoms with E-state index in [9.17, 15) is 9.18 Å². The van der Waals surface area contributed by atoms with Crippen LogP contribution in [0, 0.1) is 5.82 Å². The van der Waals surface area contributed by atoms with E-state index in [0.29, 0.717) is 6.54 Å². The van der Waals surface area contributed by atoms with Crippen molar-refractivity contribution < 1.29 is 9.18 Å². The predicted octanol–water partition coefficient (Wildman–Crippen LogP) is 4.23. The van der Waals surface area contributed by atoms with Crippen molar-refractivity contribution >= 4 is 44.8 Å². The predicted molar refractivity (Wildman–Crippen MR) is 74.6 cm³/mol. The second kappa shape index (κ2) is 5.82. The molecule has 2 rings (SSSR count). The first-order valence-electron chi connectivity index (χ1n) is 5.03. The maximum absolute atomic E-state index is 13.2. The van der Waals surface area contributed by atoms with Crippen LogP contribution in [-0.4, -0.2) is 5.91 Å². The van der Waals surface area contributed by atoms with E-state index in [0.717, 1.165) is 9.35 Å². The van der Waals surface area contributed by atoms with Gasteiger partial charge >= 0.3 is 0 Å². The van der Waals surface area contributed by atoms with Gasteiger partial charge in [-0.05, 0) is 39.5 Å². The standard InChI is InChI=1S/C12H8BrClFNOS/c13-8-4-5-18-10(8)6-16-12(17)7-2-1-3-9(15)11(7)14/h1-5H,6H2,(H,16,17). The molecule has 0 bridgehead atoms. The molecule has 1 heterocycles. The van der Waals surface area contributed by atoms with E-state index >= 15 is 0 Å². The number of carbonyl (C=O) groups excluding carboxylic acids is 1. The molecule has 2 aromatic rings. The quantitative estimate of drug-likeness (QED) is 0.883. The summed E-state index contributed by atoms with van der Waals surface area (Å²) in [5.74, 6) is -0.985. The fourth-order valence-corrected chi connectivity index (χ4v) is 3.03. The van der Waals surface area contributed by atoms with Gasteiger partial charge in [0.1, 0.15) is 5.82 Å². The van der Waals surface area contributed by atoms with E-state index in [-0.39, 0.29) is 16.5 Å². The molecule has 2 nitrogen and oxygen atoms in total. The number of hydrogen-bond donors (Lipinski definition) is 1. The highest BCUT2D eigenvalue weighted by molar-refractivity contribution is 9.10. The molecule has 0 atom stereocenters. The average Bonchev–Trinajstić information content (AvgIpc) is 2.75. The number of nitrogens with one attached hydrogen (secondary N) is 1. The Bertz CT molecular complexity index is 587. The molecule has 0 spiro atoms. The van der Waals surface area contributed by atoms with E-state index in [4.69, 9.17) is 11.6 Å². The van der Waals surface area contributed by atoms with Crippen molar-refractivity contribution in [3.8, 4) is 0 Å². The van der Waals surface area contributed by atoms with Crippen molar-refractivity contribution in [1.82, 2.24) is 5.32 Å². The van der Waals surface area contributed by atoms with Crippen LogP contribution in [0.25, 0.3) is 0 Å². The third-order valence-electron chi connectivity index (χ3n) is 2.30. The average molecular weight is 349 g/mol. The SMILES string of the molecule is O=C(NCc1sccc1Br)c1cccc(F)c1Cl. The second-order valence-corrected chi connectivity index (χ2v) is 5.71. The van der Waals surface area contributed by atoms with Gasteiger partial charge in [-0.2, -0.15) is 0 Å². The van der Waals surface area contributed by atoms with E-state index < -0.39 is 5.82 Å². The van der Waals surface area contributed by atoms with Gasteiger partial charge in [-0.25, -0.2) is 4.39 Å². The molecule has 0 saturated carbocycles. The van der Waals surface area contributed by atoms with Crippen molar-refractivity contribution in [1.29, 1.82) is 0 Å². The molecule has 0 unspecified atom stereocenters. The molecule has 1 aromatic carbocycles. The lowest BCUT2D eigenvalue weighted by molar-refractivity contribution is 0.0951. The van der Waals surface area contributed by atoms with Crippen LogP contribution >= 0.6 is 38.9 Å². The number of hydrogen-bond acceptors (Lipinski definition) is 2. The van der Waals surface area contributed by atoms with Crippen LogP contribution in [0.2, 0.25) is 5.02 Å². The molecule has 1 N–H and O–H groups in total. The summed E-state index contributed by atoms with van der Waals surface area (Å²) >= 11 is 10.6. The van der Waals surface area contributed by atoms with E-state index in [1.165, 1.54) is 29.5 Å². The fraction of sp³-hybridized carbons (Fsp3) is 0.0833. The first-order valence-corrected chi connectivity index (χ1v) is 7.08. The zero-order valence-corrected chi connectivity index (χ0v) is 12.2. The summed E-state index contributed by atoms with van der Waals surface area (Å²) in [5.41, 5.74) is 0.143. The van der Waals surface area contributed by atoms with E-state index in [2.05, 4.69) is 21.2 Å². The molecule has 18 heavy (non-hydrogen) atoms. The third-order valence-corrected chi connectivity index (χ3v) is 4.61. The Kier molecular flexibility index (Phi) is 4.37. The number of amides is 1. The normalized spacial score (nSPS) is 10.4. The molecule has 0 fully saturated rings. The summed E-state index contributed by atoms with van der Waals surface area (Å²) in [7, 11) is 0. The lowest BCUT2D eigenvalue weighted by atomic mass is 10.2. The lowest BCUT2D eigenvalue weighted by Gasteiger charge is -2.06. The summed E-state index contributed by atoms with van der Waals surface area (Å²) in [6.45, 7) is 0.379. The summed E-state index contributed by atoms with van der Waals surface area (Å²) in [6.07, 6.45) is 0. The van der Waals surface area contributed by atoms with E-state index in [1.807, 2.05) is 11.4 Å². The van der Waals surface area contributed by atoms with Gasteiger partial charge < -0.3 is 5.32 Å². The van der Waals surface area contributed by atoms with Crippen LogP contribution in [0.15, 0.2) is 34.1 Å². The number of thiophene rings is 1. The Labute approximate surface area is 121 Å². The van der Waals surface area contributed by atoms with Gasteiger partial charge in [0.2, 0.25) is 0 Å². The van der Waals surface area contributed by atoms with Gasteiger partial charge in [-0.3, -0.25) is 4.79 Å². The third kappa shape index (κ3) is 2.91. The zero-order chi connectivity index (χ0) is 13.1. The molecule has 0 radical (unpaired) electrons. The van der Waals surface area contributed by atoms with Crippen LogP contribution in [-0.2, 0) is 6.54 Å². The highest BCUT2D eigenvalue weighted by Crippen LogP contribution is 2.23. The first kappa shape index (κ1) is 13.5. The van der Waals surface area contributed by atoms with Gasteiger partial charge in [0.15, 0.2) is 0 Å². The van der Waals surface area contributed by atoms with Gasteiger partial charge in [-0.1, -0.05) is 17.7 Å².